The van der Waals surface area contributed by atoms with Crippen molar-refractivity contribution in [2.75, 3.05) is 6.54 Å². The van der Waals surface area contributed by atoms with E-state index in [1.165, 1.54) is 38.3 Å². The number of aromatic nitrogens is 2. The summed E-state index contributed by atoms with van der Waals surface area (Å²) < 4.78 is 26.6. The van der Waals surface area contributed by atoms with Gasteiger partial charge in [-0.25, -0.2) is 8.78 Å². The van der Waals surface area contributed by atoms with Crippen molar-refractivity contribution < 1.29 is 13.6 Å². The Hall–Kier alpha value is -1.46. The summed E-state index contributed by atoms with van der Waals surface area (Å²) in [5.74, 6) is 0.442. The van der Waals surface area contributed by atoms with Crippen LogP contribution in [0.4, 0.5) is 8.78 Å². The van der Waals surface area contributed by atoms with E-state index >= 15 is 0 Å². The summed E-state index contributed by atoms with van der Waals surface area (Å²) >= 11 is 0. The molecular weight excluding hydrogens is 312 g/mol. The van der Waals surface area contributed by atoms with Crippen molar-refractivity contribution in [1.82, 2.24) is 14.7 Å². The lowest BCUT2D eigenvalue weighted by atomic mass is 9.81. The molecule has 1 aromatic rings. The third-order valence-electron chi connectivity index (χ3n) is 5.50. The molecule has 2 aliphatic rings. The molecule has 0 spiro atoms. The molecule has 1 aliphatic carbocycles. The van der Waals surface area contributed by atoms with Crippen molar-refractivity contribution in [2.24, 2.45) is 5.92 Å². The predicted octanol–water partition coefficient (Wildman–Crippen LogP) is 4.11. The molecule has 1 amide bonds. The molecule has 0 N–H and O–H groups in total. The Balaban J connectivity index is 1.80. The molecule has 0 bridgehead atoms. The molecule has 24 heavy (non-hydrogen) atoms. The molecule has 134 valence electrons. The minimum absolute atomic E-state index is 0.120. The Morgan fingerprint density at radius 3 is 2.58 bits per heavy atom. The van der Waals surface area contributed by atoms with E-state index in [-0.39, 0.29) is 11.9 Å². The lowest BCUT2D eigenvalue weighted by molar-refractivity contribution is 0.0553. The van der Waals surface area contributed by atoms with Gasteiger partial charge in [0.25, 0.3) is 12.3 Å². The summed E-state index contributed by atoms with van der Waals surface area (Å²) in [5.41, 5.74) is 0.304. The number of hydrogen-bond acceptors (Lipinski definition) is 2. The van der Waals surface area contributed by atoms with Crippen LogP contribution in [0.5, 0.6) is 0 Å². The van der Waals surface area contributed by atoms with Gasteiger partial charge in [0.1, 0.15) is 12.2 Å². The quantitative estimate of drug-likeness (QED) is 0.828. The van der Waals surface area contributed by atoms with Gasteiger partial charge >= 0.3 is 0 Å². The minimum atomic E-state index is -2.50. The van der Waals surface area contributed by atoms with Gasteiger partial charge in [-0.2, -0.15) is 5.10 Å². The van der Waals surface area contributed by atoms with Crippen molar-refractivity contribution in [3.8, 4) is 0 Å². The molecule has 0 aromatic carbocycles. The van der Waals surface area contributed by atoms with Crippen molar-refractivity contribution in [3.05, 3.63) is 18.0 Å². The molecule has 1 saturated heterocycles. The standard InChI is InChI=1S/C18H27F2N3O/c19-17(20)13-23-16(10-11-21-23)18(24)22-12-6-2-5-9-15(22)14-7-3-1-4-8-14/h10-11,14-15,17H,1-9,12-13H2. The van der Waals surface area contributed by atoms with Gasteiger partial charge in [0, 0.05) is 18.8 Å². The number of rotatable bonds is 4. The van der Waals surface area contributed by atoms with Crippen LogP contribution < -0.4 is 0 Å². The fourth-order valence-corrected chi connectivity index (χ4v) is 4.33. The molecule has 1 aliphatic heterocycles. The number of likely N-dealkylation sites (tertiary alicyclic amines) is 1. The van der Waals surface area contributed by atoms with Crippen LogP contribution in [0.25, 0.3) is 0 Å². The Kier molecular flexibility index (Phi) is 5.85. The number of nitrogens with zero attached hydrogens (tertiary/aromatic N) is 3. The zero-order chi connectivity index (χ0) is 16.9. The van der Waals surface area contributed by atoms with Crippen molar-refractivity contribution >= 4 is 5.91 Å². The van der Waals surface area contributed by atoms with Crippen molar-refractivity contribution in [3.63, 3.8) is 0 Å². The zero-order valence-electron chi connectivity index (χ0n) is 14.2. The summed E-state index contributed by atoms with van der Waals surface area (Å²) in [6.45, 7) is 0.218. The fraction of sp³-hybridized carbons (Fsp3) is 0.778. The Morgan fingerprint density at radius 2 is 1.83 bits per heavy atom. The number of hydrogen-bond donors (Lipinski definition) is 0. The number of carbonyl (C=O) groups excluding carboxylic acids is 1. The van der Waals surface area contributed by atoms with E-state index in [1.807, 2.05) is 4.90 Å². The molecule has 0 radical (unpaired) electrons. The second-order valence-electron chi connectivity index (χ2n) is 7.10. The molecule has 3 rings (SSSR count). The number of halogens is 2. The van der Waals surface area contributed by atoms with Gasteiger partial charge in [-0.05, 0) is 37.7 Å². The van der Waals surface area contributed by atoms with Crippen LogP contribution in [0.1, 0.15) is 68.3 Å². The maximum Gasteiger partial charge on any atom is 0.272 e. The van der Waals surface area contributed by atoms with Gasteiger partial charge < -0.3 is 4.90 Å². The van der Waals surface area contributed by atoms with Gasteiger partial charge in [0.2, 0.25) is 0 Å². The second-order valence-corrected chi connectivity index (χ2v) is 7.10. The minimum Gasteiger partial charge on any atom is -0.334 e. The number of carbonyl (C=O) groups is 1. The van der Waals surface area contributed by atoms with Crippen molar-refractivity contribution in [2.45, 2.75) is 76.8 Å². The molecule has 1 atom stereocenters. The third-order valence-corrected chi connectivity index (χ3v) is 5.50. The molecular formula is C18H27F2N3O. The maximum atomic E-state index is 13.1. The lowest BCUT2D eigenvalue weighted by Gasteiger charge is -2.38. The van der Waals surface area contributed by atoms with Crippen LogP contribution in [0.15, 0.2) is 12.3 Å². The third kappa shape index (κ3) is 3.95. The first kappa shape index (κ1) is 17.4. The number of alkyl halides is 2. The number of amides is 1. The van der Waals surface area contributed by atoms with Crippen LogP contribution in [-0.4, -0.2) is 39.6 Å². The van der Waals surface area contributed by atoms with E-state index in [4.69, 9.17) is 0 Å². The van der Waals surface area contributed by atoms with Gasteiger partial charge in [0.05, 0.1) is 0 Å². The average molecular weight is 339 g/mol. The highest BCUT2D eigenvalue weighted by atomic mass is 19.3. The molecule has 1 saturated carbocycles. The van der Waals surface area contributed by atoms with E-state index in [9.17, 15) is 13.6 Å². The topological polar surface area (TPSA) is 38.1 Å². The normalized spacial score (nSPS) is 23.5. The van der Waals surface area contributed by atoms with Gasteiger partial charge in [-0.1, -0.05) is 32.1 Å². The van der Waals surface area contributed by atoms with Crippen LogP contribution in [0.3, 0.4) is 0 Å². The average Bonchev–Trinajstić information content (AvgIpc) is 2.89. The summed E-state index contributed by atoms with van der Waals surface area (Å²) in [6.07, 6.45) is 9.42. The van der Waals surface area contributed by atoms with Crippen LogP contribution in [0.2, 0.25) is 0 Å². The maximum absolute atomic E-state index is 13.1. The Morgan fingerprint density at radius 1 is 1.12 bits per heavy atom. The van der Waals surface area contributed by atoms with Crippen LogP contribution >= 0.6 is 0 Å². The summed E-state index contributed by atoms with van der Waals surface area (Å²) in [7, 11) is 0. The van der Waals surface area contributed by atoms with E-state index in [0.717, 1.165) is 36.9 Å². The highest BCUT2D eigenvalue weighted by molar-refractivity contribution is 5.92. The van der Waals surface area contributed by atoms with Gasteiger partial charge in [-0.3, -0.25) is 9.48 Å². The monoisotopic (exact) mass is 339 g/mol. The van der Waals surface area contributed by atoms with Crippen LogP contribution in [0, 0.1) is 5.92 Å². The summed E-state index contributed by atoms with van der Waals surface area (Å²) in [4.78, 5) is 15.1. The first-order valence-corrected chi connectivity index (χ1v) is 9.27. The predicted molar refractivity (Wildman–Crippen MR) is 88.1 cm³/mol. The van der Waals surface area contributed by atoms with Crippen LogP contribution in [-0.2, 0) is 6.54 Å². The lowest BCUT2D eigenvalue weighted by Crippen LogP contribution is -2.45. The van der Waals surface area contributed by atoms with Gasteiger partial charge in [-0.15, -0.1) is 0 Å². The molecule has 1 unspecified atom stereocenters. The fourth-order valence-electron chi connectivity index (χ4n) is 4.33. The second kappa shape index (κ2) is 8.08. The highest BCUT2D eigenvalue weighted by Gasteiger charge is 2.34. The van der Waals surface area contributed by atoms with Gasteiger partial charge in [0.15, 0.2) is 0 Å². The molecule has 1 aromatic heterocycles. The summed E-state index contributed by atoms with van der Waals surface area (Å²) in [5, 5.41) is 3.92. The summed E-state index contributed by atoms with van der Waals surface area (Å²) in [6, 6.07) is 1.84. The first-order chi connectivity index (χ1) is 11.7. The first-order valence-electron chi connectivity index (χ1n) is 9.27. The Labute approximate surface area is 142 Å². The van der Waals surface area contributed by atoms with E-state index in [1.54, 1.807) is 6.07 Å². The molecule has 6 heteroatoms. The zero-order valence-corrected chi connectivity index (χ0v) is 14.2. The SMILES string of the molecule is O=C(c1ccnn1CC(F)F)N1CCCCCC1C1CCCCC1. The van der Waals surface area contributed by atoms with E-state index < -0.39 is 13.0 Å². The smallest absolute Gasteiger partial charge is 0.272 e. The molecule has 2 fully saturated rings. The highest BCUT2D eigenvalue weighted by Crippen LogP contribution is 2.34. The molecule has 4 nitrogen and oxygen atoms in total. The van der Waals surface area contributed by atoms with E-state index in [0.29, 0.717) is 11.6 Å². The van der Waals surface area contributed by atoms with Crippen molar-refractivity contribution in [1.29, 1.82) is 0 Å². The largest absolute Gasteiger partial charge is 0.334 e. The molecule has 2 heterocycles. The Bertz CT molecular complexity index is 540. The van der Waals surface area contributed by atoms with E-state index in [2.05, 4.69) is 5.10 Å².